The molecule has 0 bridgehead atoms. The average molecular weight is 258 g/mol. The minimum absolute atomic E-state index is 0.0505. The molecular weight excluding hydrogens is 232 g/mol. The Hall–Kier alpha value is -0.650. The first-order valence-electron chi connectivity index (χ1n) is 6.56. The molecule has 1 amide bonds. The van der Waals surface area contributed by atoms with Gasteiger partial charge in [0.1, 0.15) is 6.61 Å². The molecule has 0 saturated carbocycles. The zero-order chi connectivity index (χ0) is 13.6. The Labute approximate surface area is 110 Å². The Morgan fingerprint density at radius 3 is 2.83 bits per heavy atom. The van der Waals surface area contributed by atoms with Crippen molar-refractivity contribution in [3.8, 4) is 0 Å². The second-order valence-corrected chi connectivity index (χ2v) is 5.73. The van der Waals surface area contributed by atoms with Gasteiger partial charge in [0.2, 0.25) is 5.91 Å². The molecule has 0 unspecified atom stereocenters. The predicted molar refractivity (Wildman–Crippen MR) is 70.6 cm³/mol. The van der Waals surface area contributed by atoms with Gasteiger partial charge in [-0.05, 0) is 33.7 Å². The molecule has 1 atom stereocenters. The van der Waals surface area contributed by atoms with E-state index >= 15 is 0 Å². The summed E-state index contributed by atoms with van der Waals surface area (Å²) in [7, 11) is 1.54. The molecule has 1 rings (SSSR count). The van der Waals surface area contributed by atoms with Crippen molar-refractivity contribution in [1.29, 1.82) is 0 Å². The summed E-state index contributed by atoms with van der Waals surface area (Å²) in [5.74, 6) is 0.0505. The highest BCUT2D eigenvalue weighted by Crippen LogP contribution is 2.09. The summed E-state index contributed by atoms with van der Waals surface area (Å²) in [6, 6.07) is 0. The third-order valence-corrected chi connectivity index (χ3v) is 2.88. The number of nitrogens with one attached hydrogen (secondary N) is 1. The molecule has 0 aliphatic carbocycles. The van der Waals surface area contributed by atoms with Crippen LogP contribution in [0, 0.1) is 0 Å². The van der Waals surface area contributed by atoms with Gasteiger partial charge in [0.15, 0.2) is 0 Å². The van der Waals surface area contributed by atoms with E-state index in [1.54, 1.807) is 7.11 Å². The van der Waals surface area contributed by atoms with E-state index in [4.69, 9.17) is 9.47 Å². The highest BCUT2D eigenvalue weighted by atomic mass is 16.5. The van der Waals surface area contributed by atoms with E-state index < -0.39 is 0 Å². The minimum Gasteiger partial charge on any atom is -0.375 e. The highest BCUT2D eigenvalue weighted by molar-refractivity contribution is 5.77. The summed E-state index contributed by atoms with van der Waals surface area (Å²) in [5, 5.41) is 3.43. The van der Waals surface area contributed by atoms with Crippen molar-refractivity contribution < 1.29 is 14.3 Å². The highest BCUT2D eigenvalue weighted by Gasteiger charge is 2.24. The number of hydrogen-bond donors (Lipinski definition) is 1. The first kappa shape index (κ1) is 15.4. The lowest BCUT2D eigenvalue weighted by Gasteiger charge is -2.33. The van der Waals surface area contributed by atoms with Crippen LogP contribution in [0.2, 0.25) is 0 Å². The van der Waals surface area contributed by atoms with E-state index in [0.29, 0.717) is 19.7 Å². The van der Waals surface area contributed by atoms with Gasteiger partial charge in [0.25, 0.3) is 0 Å². The van der Waals surface area contributed by atoms with Crippen LogP contribution in [0.5, 0.6) is 0 Å². The number of carbonyl (C=O) groups excluding carboxylic acids is 1. The van der Waals surface area contributed by atoms with E-state index in [9.17, 15) is 4.79 Å². The number of morpholine rings is 1. The van der Waals surface area contributed by atoms with Gasteiger partial charge >= 0.3 is 0 Å². The molecule has 0 aromatic heterocycles. The first-order valence-corrected chi connectivity index (χ1v) is 6.56. The molecule has 1 saturated heterocycles. The third kappa shape index (κ3) is 5.80. The van der Waals surface area contributed by atoms with Crippen LogP contribution in [-0.4, -0.2) is 62.4 Å². The van der Waals surface area contributed by atoms with Crippen molar-refractivity contribution in [2.75, 3.05) is 40.0 Å². The van der Waals surface area contributed by atoms with Crippen LogP contribution in [0.3, 0.4) is 0 Å². The zero-order valence-electron chi connectivity index (χ0n) is 12.0. The summed E-state index contributed by atoms with van der Waals surface area (Å²) in [4.78, 5) is 13.5. The summed E-state index contributed by atoms with van der Waals surface area (Å²) in [5.41, 5.74) is 0.125. The fourth-order valence-electron chi connectivity index (χ4n) is 1.94. The van der Waals surface area contributed by atoms with Gasteiger partial charge in [0, 0.05) is 25.7 Å². The van der Waals surface area contributed by atoms with Crippen LogP contribution in [0.25, 0.3) is 0 Å². The van der Waals surface area contributed by atoms with Gasteiger partial charge < -0.3 is 19.7 Å². The maximum Gasteiger partial charge on any atom is 0.248 e. The van der Waals surface area contributed by atoms with Gasteiger partial charge in [-0.1, -0.05) is 0 Å². The van der Waals surface area contributed by atoms with Crippen molar-refractivity contribution in [2.24, 2.45) is 0 Å². The quantitative estimate of drug-likeness (QED) is 0.786. The van der Waals surface area contributed by atoms with Gasteiger partial charge in [-0.3, -0.25) is 4.79 Å². The molecule has 1 aliphatic rings. The number of carbonyl (C=O) groups is 1. The molecule has 0 aromatic rings. The smallest absolute Gasteiger partial charge is 0.248 e. The Morgan fingerprint density at radius 2 is 2.22 bits per heavy atom. The fourth-order valence-corrected chi connectivity index (χ4v) is 1.94. The molecule has 1 aliphatic heterocycles. The predicted octanol–water partition coefficient (Wildman–Crippen LogP) is 0.638. The Morgan fingerprint density at radius 1 is 1.50 bits per heavy atom. The van der Waals surface area contributed by atoms with E-state index in [0.717, 1.165) is 13.0 Å². The minimum atomic E-state index is 0.0505. The van der Waals surface area contributed by atoms with Gasteiger partial charge in [0.05, 0.1) is 12.7 Å². The number of rotatable bonds is 5. The molecule has 1 N–H and O–H groups in total. The number of ether oxygens (including phenoxy) is 2. The molecular formula is C13H26N2O3. The molecule has 18 heavy (non-hydrogen) atoms. The molecule has 0 radical (unpaired) electrons. The maximum absolute atomic E-state index is 11.7. The molecule has 0 aromatic carbocycles. The number of nitrogens with zero attached hydrogens (tertiary/aromatic N) is 1. The summed E-state index contributed by atoms with van der Waals surface area (Å²) < 4.78 is 10.6. The second-order valence-electron chi connectivity index (χ2n) is 5.73. The second kappa shape index (κ2) is 7.07. The van der Waals surface area contributed by atoms with Gasteiger partial charge in [-0.25, -0.2) is 0 Å². The maximum atomic E-state index is 11.7. The monoisotopic (exact) mass is 258 g/mol. The van der Waals surface area contributed by atoms with Crippen LogP contribution in [0.1, 0.15) is 27.2 Å². The molecule has 0 spiro atoms. The van der Waals surface area contributed by atoms with E-state index in [2.05, 4.69) is 26.1 Å². The largest absolute Gasteiger partial charge is 0.375 e. The lowest BCUT2D eigenvalue weighted by Crippen LogP contribution is -2.48. The van der Waals surface area contributed by atoms with Crippen molar-refractivity contribution in [3.63, 3.8) is 0 Å². The van der Waals surface area contributed by atoms with Crippen LogP contribution >= 0.6 is 0 Å². The Kier molecular flexibility index (Phi) is 6.05. The Bertz CT molecular complexity index is 263. The van der Waals surface area contributed by atoms with Crippen molar-refractivity contribution in [2.45, 2.75) is 38.8 Å². The average Bonchev–Trinajstić information content (AvgIpc) is 2.28. The van der Waals surface area contributed by atoms with Crippen LogP contribution in [0.4, 0.5) is 0 Å². The fraction of sp³-hybridized carbons (Fsp3) is 0.923. The first-order chi connectivity index (χ1) is 8.42. The summed E-state index contributed by atoms with van der Waals surface area (Å²) in [6.45, 7) is 9.46. The van der Waals surface area contributed by atoms with Crippen LogP contribution in [-0.2, 0) is 14.3 Å². The SMILES string of the molecule is COCC(=O)N1CCO[C@H](CCNC(C)(C)C)C1. The summed E-state index contributed by atoms with van der Waals surface area (Å²) in [6.07, 6.45) is 1.06. The van der Waals surface area contributed by atoms with Crippen molar-refractivity contribution in [1.82, 2.24) is 10.2 Å². The van der Waals surface area contributed by atoms with E-state index in [1.807, 2.05) is 4.90 Å². The standard InChI is InChI=1S/C13H26N2O3/c1-13(2,3)14-6-5-11-9-15(7-8-18-11)12(16)10-17-4/h11,14H,5-10H2,1-4H3/t11-/m1/s1. The number of hydrogen-bond acceptors (Lipinski definition) is 4. The molecule has 106 valence electrons. The van der Waals surface area contributed by atoms with Gasteiger partial charge in [-0.2, -0.15) is 0 Å². The lowest BCUT2D eigenvalue weighted by atomic mass is 10.1. The van der Waals surface area contributed by atoms with Gasteiger partial charge in [-0.15, -0.1) is 0 Å². The zero-order valence-corrected chi connectivity index (χ0v) is 12.0. The van der Waals surface area contributed by atoms with Crippen LogP contribution in [0.15, 0.2) is 0 Å². The molecule has 1 heterocycles. The number of amides is 1. The Balaban J connectivity index is 2.28. The van der Waals surface area contributed by atoms with E-state index in [1.165, 1.54) is 0 Å². The van der Waals surface area contributed by atoms with Crippen molar-refractivity contribution >= 4 is 5.91 Å². The topological polar surface area (TPSA) is 50.8 Å². The van der Waals surface area contributed by atoms with Crippen molar-refractivity contribution in [3.05, 3.63) is 0 Å². The molecule has 5 nitrogen and oxygen atoms in total. The third-order valence-electron chi connectivity index (χ3n) is 2.88. The lowest BCUT2D eigenvalue weighted by molar-refractivity contribution is -0.142. The molecule has 1 fully saturated rings. The summed E-state index contributed by atoms with van der Waals surface area (Å²) >= 11 is 0. The van der Waals surface area contributed by atoms with E-state index in [-0.39, 0.29) is 24.2 Å². The van der Waals surface area contributed by atoms with Crippen LogP contribution < -0.4 is 5.32 Å². The molecule has 5 heteroatoms. The normalized spacial score (nSPS) is 21.1. The number of methoxy groups -OCH3 is 1.